The van der Waals surface area contributed by atoms with Crippen molar-refractivity contribution in [3.05, 3.63) is 161 Å². The van der Waals surface area contributed by atoms with Gasteiger partial charge in [0.25, 0.3) is 0 Å². The third-order valence-electron chi connectivity index (χ3n) is 16.5. The number of halogens is 1. The summed E-state index contributed by atoms with van der Waals surface area (Å²) in [6.07, 6.45) is 11.0. The highest BCUT2D eigenvalue weighted by atomic mass is 79.9. The highest BCUT2D eigenvalue weighted by molar-refractivity contribution is 9.10. The Bertz CT molecular complexity index is 3670. The normalized spacial score (nSPS) is 15.9. The molecule has 6 heterocycles. The van der Waals surface area contributed by atoms with Gasteiger partial charge in [0.05, 0.1) is 33.4 Å². The fourth-order valence-corrected chi connectivity index (χ4v) is 12.5. The molecular formula is C72H94BBrN8O10. The number of likely N-dealkylation sites (tertiary alicyclic amines) is 2. The first-order valence-corrected chi connectivity index (χ1v) is 33.2. The summed E-state index contributed by atoms with van der Waals surface area (Å²) >= 11 is 3.49. The Morgan fingerprint density at radius 1 is 0.587 bits per heavy atom. The lowest BCUT2D eigenvalue weighted by molar-refractivity contribution is -0.134. The second-order valence-electron chi connectivity index (χ2n) is 26.5. The first kappa shape index (κ1) is 70.5. The highest BCUT2D eigenvalue weighted by Gasteiger charge is 2.32. The maximum absolute atomic E-state index is 13.5. The lowest BCUT2D eigenvalue weighted by atomic mass is 9.86. The Hall–Kier alpha value is -7.36. The molecule has 8 aromatic rings. The van der Waals surface area contributed by atoms with Crippen molar-refractivity contribution in [2.45, 2.75) is 156 Å². The van der Waals surface area contributed by atoms with Gasteiger partial charge in [-0.1, -0.05) is 90.4 Å². The minimum Gasteiger partial charge on any atom is -0.443 e. The van der Waals surface area contributed by atoms with E-state index < -0.39 is 30.5 Å². The van der Waals surface area contributed by atoms with Gasteiger partial charge in [-0.3, -0.25) is 18.7 Å². The Morgan fingerprint density at radius 3 is 1.48 bits per heavy atom. The SMILES string of the molecule is CC(C)(C)OC(=O)n1cccc1B(O)O.COCCCn1c([C@@H]2CCCN(C(=O)C[C@H](C)Cc3ccc(-c4cccn4C(=O)OC(C)(C)C)cc3)C2)nc2ccccc21.COCCCn1c([C@@H]2CCCN(C(=O)C[C@H](C)Cc3ccc(Br)cc3)C2)nc2ccccc21. The van der Waals surface area contributed by atoms with Crippen molar-refractivity contribution in [1.29, 1.82) is 0 Å². The molecule has 2 amide bonds. The average molecular weight is 1320 g/mol. The van der Waals surface area contributed by atoms with Gasteiger partial charge in [-0.2, -0.15) is 0 Å². The maximum Gasteiger partial charge on any atom is 0.506 e. The standard InChI is InChI=1S/C36H46N4O4.C27H34BrN3O2.C9H14BNO4/c1-26(23-27-15-17-28(18-16-27)31-14-9-20-40(31)35(42)44-36(2,3)4)24-33(41)38-19-8-11-29(25-38)34-37-30-12-6-7-13-32(30)39(34)21-10-22-43-5;1-20(17-21-10-12-23(28)13-11-21)18-26(32)30-14-5-7-22(19-30)27-29-24-8-3-4-9-25(24)31(27)15-6-16-33-2;1-9(2,3)15-8(12)11-6-4-5-7(11)10(13)14/h6-7,9,12-18,20,26,29H,8,10-11,19,21-25H2,1-5H3;3-4,8-13,20,22H,5-7,14-19H2,1-2H3;4-6,13-14H,1-3H3/t26-,29-;20-,22-;/m11./s1. The first-order chi connectivity index (χ1) is 44.0. The van der Waals surface area contributed by atoms with Crippen LogP contribution in [0.2, 0.25) is 0 Å². The molecule has 20 heteroatoms. The third-order valence-corrected chi connectivity index (χ3v) is 17.0. The predicted octanol–water partition coefficient (Wildman–Crippen LogP) is 13.1. The van der Waals surface area contributed by atoms with Crippen LogP contribution in [0.25, 0.3) is 33.3 Å². The van der Waals surface area contributed by atoms with E-state index in [1.54, 1.807) is 51.8 Å². The second kappa shape index (κ2) is 33.0. The van der Waals surface area contributed by atoms with Crippen LogP contribution in [0.1, 0.15) is 141 Å². The van der Waals surface area contributed by atoms with Crippen LogP contribution in [0, 0.1) is 11.8 Å². The van der Waals surface area contributed by atoms with Gasteiger partial charge < -0.3 is 47.9 Å². The van der Waals surface area contributed by atoms with E-state index in [0.29, 0.717) is 31.9 Å². The summed E-state index contributed by atoms with van der Waals surface area (Å²) in [6, 6.07) is 40.1. The van der Waals surface area contributed by atoms with E-state index in [-0.39, 0.29) is 35.2 Å². The summed E-state index contributed by atoms with van der Waals surface area (Å²) < 4.78 is 29.6. The van der Waals surface area contributed by atoms with E-state index in [1.165, 1.54) is 28.9 Å². The molecule has 2 fully saturated rings. The van der Waals surface area contributed by atoms with Crippen LogP contribution < -0.4 is 5.59 Å². The Kier molecular flexibility index (Phi) is 25.3. The molecule has 4 atom stereocenters. The van der Waals surface area contributed by atoms with Crippen LogP contribution >= 0.6 is 15.9 Å². The van der Waals surface area contributed by atoms with Crippen LogP contribution in [0.15, 0.2) is 138 Å². The van der Waals surface area contributed by atoms with Crippen molar-refractivity contribution < 1.29 is 48.2 Å². The van der Waals surface area contributed by atoms with Crippen LogP contribution in [0.3, 0.4) is 0 Å². The van der Waals surface area contributed by atoms with Crippen molar-refractivity contribution in [2.24, 2.45) is 11.8 Å². The van der Waals surface area contributed by atoms with Crippen LogP contribution in [0.5, 0.6) is 0 Å². The molecule has 492 valence electrons. The summed E-state index contributed by atoms with van der Waals surface area (Å²) in [6.45, 7) is 21.4. The highest BCUT2D eigenvalue weighted by Crippen LogP contribution is 2.33. The zero-order chi connectivity index (χ0) is 66.1. The maximum atomic E-state index is 13.5. The van der Waals surface area contributed by atoms with Crippen LogP contribution in [-0.2, 0) is 54.5 Å². The number of fused-ring (bicyclic) bond motifs is 2. The van der Waals surface area contributed by atoms with Crippen molar-refractivity contribution in [2.75, 3.05) is 53.6 Å². The lowest BCUT2D eigenvalue weighted by Gasteiger charge is -2.33. The molecule has 2 saturated heterocycles. The topological polar surface area (TPSA) is 198 Å². The predicted molar refractivity (Wildman–Crippen MR) is 366 cm³/mol. The number of aryl methyl sites for hydroxylation is 2. The average Bonchev–Trinajstić information content (AvgIpc) is 1.65. The number of carbonyl (C=O) groups excluding carboxylic acids is 4. The number of aromatic nitrogens is 6. The molecule has 4 aromatic heterocycles. The molecule has 0 unspecified atom stereocenters. The Balaban J connectivity index is 0.000000199. The van der Waals surface area contributed by atoms with Gasteiger partial charge in [0.2, 0.25) is 11.8 Å². The summed E-state index contributed by atoms with van der Waals surface area (Å²) in [5, 5.41) is 17.9. The fraction of sp³-hybridized carbons (Fsp3) is 0.472. The number of para-hydroxylation sites is 4. The van der Waals surface area contributed by atoms with Crippen LogP contribution in [0.4, 0.5) is 9.59 Å². The quantitative estimate of drug-likeness (QED) is 0.0542. The summed E-state index contributed by atoms with van der Waals surface area (Å²) in [7, 11) is 1.79. The van der Waals surface area contributed by atoms with Gasteiger partial charge in [-0.25, -0.2) is 19.6 Å². The van der Waals surface area contributed by atoms with Gasteiger partial charge in [-0.05, 0) is 182 Å². The Morgan fingerprint density at radius 2 is 1.02 bits per heavy atom. The summed E-state index contributed by atoms with van der Waals surface area (Å²) in [4.78, 5) is 65.1. The number of piperidine rings is 2. The van der Waals surface area contributed by atoms with Crippen molar-refractivity contribution in [3.63, 3.8) is 0 Å². The molecule has 0 spiro atoms. The van der Waals surface area contributed by atoms with Crippen LogP contribution in [-0.4, -0.2) is 144 Å². The third kappa shape index (κ3) is 19.8. The van der Waals surface area contributed by atoms with E-state index in [1.807, 2.05) is 57.2 Å². The van der Waals surface area contributed by atoms with Gasteiger partial charge in [0.1, 0.15) is 22.9 Å². The first-order valence-electron chi connectivity index (χ1n) is 32.4. The largest absolute Gasteiger partial charge is 0.506 e. The monoisotopic (exact) mass is 1320 g/mol. The number of imidazole rings is 2. The molecule has 2 N–H and O–H groups in total. The number of ether oxygens (including phenoxy) is 4. The number of rotatable bonds is 20. The van der Waals surface area contributed by atoms with Gasteiger partial charge in [-0.15, -0.1) is 0 Å². The number of methoxy groups -OCH3 is 2. The minimum absolute atomic E-state index is 0.0873. The van der Waals surface area contributed by atoms with E-state index >= 15 is 0 Å². The molecule has 0 saturated carbocycles. The summed E-state index contributed by atoms with van der Waals surface area (Å²) in [5.41, 5.74) is 7.48. The lowest BCUT2D eigenvalue weighted by Crippen LogP contribution is -2.40. The zero-order valence-corrected chi connectivity index (χ0v) is 57.0. The van der Waals surface area contributed by atoms with E-state index in [4.69, 9.17) is 39.0 Å². The molecule has 4 aromatic carbocycles. The fourth-order valence-electron chi connectivity index (χ4n) is 12.2. The van der Waals surface area contributed by atoms with Gasteiger partial charge >= 0.3 is 19.3 Å². The van der Waals surface area contributed by atoms with Crippen molar-refractivity contribution in [1.82, 2.24) is 38.0 Å². The number of hydrogen-bond acceptors (Lipinski definition) is 12. The van der Waals surface area contributed by atoms with E-state index in [2.05, 4.69) is 122 Å². The van der Waals surface area contributed by atoms with E-state index in [0.717, 1.165) is 139 Å². The molecular weight excluding hydrogens is 1230 g/mol. The number of nitrogens with zero attached hydrogens (tertiary/aromatic N) is 8. The smallest absolute Gasteiger partial charge is 0.443 e. The number of carbonyl (C=O) groups is 4. The molecule has 18 nitrogen and oxygen atoms in total. The number of hydrogen-bond donors (Lipinski definition) is 2. The number of amides is 2. The number of benzene rings is 4. The molecule has 10 rings (SSSR count). The van der Waals surface area contributed by atoms with Crippen molar-refractivity contribution >= 4 is 74.7 Å². The van der Waals surface area contributed by atoms with E-state index in [9.17, 15) is 19.2 Å². The molecule has 0 bridgehead atoms. The molecule has 2 aliphatic heterocycles. The van der Waals surface area contributed by atoms with Gasteiger partial charge in [0, 0.05) is 108 Å². The zero-order valence-electron chi connectivity index (χ0n) is 55.4. The molecule has 2 aliphatic rings. The van der Waals surface area contributed by atoms with Crippen molar-refractivity contribution in [3.8, 4) is 11.3 Å². The second-order valence-corrected chi connectivity index (χ2v) is 27.4. The molecule has 92 heavy (non-hydrogen) atoms. The minimum atomic E-state index is -1.69. The molecule has 0 radical (unpaired) electrons. The Labute approximate surface area is 551 Å². The summed E-state index contributed by atoms with van der Waals surface area (Å²) in [5.74, 6) is 3.72. The molecule has 0 aliphatic carbocycles. The van der Waals surface area contributed by atoms with Gasteiger partial charge in [0.15, 0.2) is 0 Å².